The monoisotopic (exact) mass is 521 g/mol. The summed E-state index contributed by atoms with van der Waals surface area (Å²) >= 11 is 0. The molecule has 2 heterocycles. The van der Waals surface area contributed by atoms with Crippen LogP contribution in [0.3, 0.4) is 0 Å². The fourth-order valence-electron chi connectivity index (χ4n) is 3.94. The molecule has 1 aromatic heterocycles. The molecule has 14 heteroatoms. The molecule has 0 bridgehead atoms. The predicted molar refractivity (Wildman–Crippen MR) is 129 cm³/mol. The molecule has 1 amide bonds. The summed E-state index contributed by atoms with van der Waals surface area (Å²) in [6, 6.07) is 8.56. The van der Waals surface area contributed by atoms with Crippen molar-refractivity contribution >= 4 is 40.8 Å². The number of nitrogens with zero attached hydrogens (tertiary/aromatic N) is 3. The van der Waals surface area contributed by atoms with Gasteiger partial charge in [-0.1, -0.05) is 25.0 Å². The summed E-state index contributed by atoms with van der Waals surface area (Å²) in [5.41, 5.74) is 2.12. The number of imidazole rings is 1. The molecule has 2 fully saturated rings. The Hall–Kier alpha value is -4.04. The summed E-state index contributed by atoms with van der Waals surface area (Å²) in [7, 11) is 0. The van der Waals surface area contributed by atoms with Crippen molar-refractivity contribution in [3.8, 4) is 0 Å². The first-order valence-electron chi connectivity index (χ1n) is 11.6. The summed E-state index contributed by atoms with van der Waals surface area (Å²) < 4.78 is 0. The van der Waals surface area contributed by atoms with Crippen LogP contribution in [-0.2, 0) is 30.5 Å². The average molecular weight is 522 g/mol. The second kappa shape index (κ2) is 14.5. The number of carboxylic acids is 4. The number of carbonyl (C=O) groups is 5. The second-order valence-corrected chi connectivity index (χ2v) is 8.52. The number of fused-ring (bicyclic) bond motifs is 1. The van der Waals surface area contributed by atoms with Gasteiger partial charge >= 0.3 is 23.9 Å². The molecule has 2 aliphatic rings. The number of amides is 1. The van der Waals surface area contributed by atoms with Crippen molar-refractivity contribution < 1.29 is 44.4 Å². The number of hydrogen-bond acceptors (Lipinski definition) is 8. The van der Waals surface area contributed by atoms with Gasteiger partial charge in [-0.25, -0.2) is 24.2 Å². The summed E-state index contributed by atoms with van der Waals surface area (Å²) in [6.45, 7) is 5.23. The number of para-hydroxylation sites is 2. The van der Waals surface area contributed by atoms with Crippen LogP contribution >= 0.6 is 0 Å². The van der Waals surface area contributed by atoms with Crippen LogP contribution in [0.15, 0.2) is 24.3 Å². The van der Waals surface area contributed by atoms with Gasteiger partial charge in [0.05, 0.1) is 24.1 Å². The third kappa shape index (κ3) is 10.6. The number of nitrogens with one attached hydrogen (secondary N) is 2. The molecule has 1 saturated heterocycles. The minimum absolute atomic E-state index is 0.192. The van der Waals surface area contributed by atoms with Gasteiger partial charge in [0.25, 0.3) is 0 Å². The van der Waals surface area contributed by atoms with Crippen LogP contribution in [0.1, 0.15) is 31.5 Å². The Morgan fingerprint density at radius 1 is 0.838 bits per heavy atom. The zero-order valence-electron chi connectivity index (χ0n) is 20.1. The van der Waals surface area contributed by atoms with E-state index in [9.17, 15) is 4.79 Å². The summed E-state index contributed by atoms with van der Waals surface area (Å²) in [4.78, 5) is 61.3. The molecule has 0 radical (unpaired) electrons. The molecule has 1 aliphatic heterocycles. The first-order chi connectivity index (χ1) is 17.5. The van der Waals surface area contributed by atoms with E-state index in [1.807, 2.05) is 18.2 Å². The summed E-state index contributed by atoms with van der Waals surface area (Å²) in [6.07, 6.45) is 4.81. The maximum Gasteiger partial charge on any atom is 0.414 e. The van der Waals surface area contributed by atoms with E-state index in [0.717, 1.165) is 62.4 Å². The van der Waals surface area contributed by atoms with E-state index in [0.29, 0.717) is 12.6 Å². The maximum absolute atomic E-state index is 12.2. The molecule has 202 valence electrons. The van der Waals surface area contributed by atoms with Gasteiger partial charge in [0.2, 0.25) is 5.91 Å². The molecule has 0 unspecified atom stereocenters. The van der Waals surface area contributed by atoms with Crippen molar-refractivity contribution in [3.05, 3.63) is 30.1 Å². The SMILES string of the molecule is O=C(CN1CCN(Cc2nc3ccccc3[nH]2)CC1)NC1CCCC1.O=C(O)C(=O)O.O=C(O)C(=O)O. The van der Waals surface area contributed by atoms with Gasteiger partial charge < -0.3 is 30.7 Å². The first kappa shape index (κ1) is 29.2. The number of aliphatic carboxylic acids is 4. The lowest BCUT2D eigenvalue weighted by molar-refractivity contribution is -0.159. The standard InChI is InChI=1S/C19H27N5O.2C2H2O4/c25-19(20-15-5-1-2-6-15)14-24-11-9-23(10-12-24)13-18-21-16-7-3-4-8-17(16)22-18;2*3-1(4)2(5)6/h3-4,7-8,15H,1-2,5-6,9-14H2,(H,20,25)(H,21,22);2*(H,3,4)(H,5,6). The van der Waals surface area contributed by atoms with Crippen molar-refractivity contribution in [2.45, 2.75) is 38.3 Å². The first-order valence-corrected chi connectivity index (χ1v) is 11.6. The Balaban J connectivity index is 0.000000336. The Morgan fingerprint density at radius 3 is 1.86 bits per heavy atom. The van der Waals surface area contributed by atoms with E-state index >= 15 is 0 Å². The van der Waals surface area contributed by atoms with Crippen LogP contribution in [0, 0.1) is 0 Å². The zero-order valence-corrected chi connectivity index (χ0v) is 20.1. The van der Waals surface area contributed by atoms with E-state index in [2.05, 4.69) is 31.2 Å². The average Bonchev–Trinajstić information content (AvgIpc) is 3.50. The molecule has 6 N–H and O–H groups in total. The van der Waals surface area contributed by atoms with Gasteiger partial charge in [-0.3, -0.25) is 14.6 Å². The van der Waals surface area contributed by atoms with E-state index in [-0.39, 0.29) is 5.91 Å². The summed E-state index contributed by atoms with van der Waals surface area (Å²) in [5, 5.41) is 32.7. The van der Waals surface area contributed by atoms with Crippen LogP contribution in [-0.4, -0.2) is 109 Å². The predicted octanol–water partition coefficient (Wildman–Crippen LogP) is 0.0505. The van der Waals surface area contributed by atoms with Crippen LogP contribution < -0.4 is 5.32 Å². The molecule has 1 aliphatic carbocycles. The number of H-pyrrole nitrogens is 1. The molecule has 1 aromatic carbocycles. The quantitative estimate of drug-likeness (QED) is 0.288. The van der Waals surface area contributed by atoms with Gasteiger partial charge in [-0.05, 0) is 25.0 Å². The third-order valence-corrected chi connectivity index (χ3v) is 5.73. The van der Waals surface area contributed by atoms with Crippen LogP contribution in [0.5, 0.6) is 0 Å². The number of benzene rings is 1. The fraction of sp³-hybridized carbons (Fsp3) is 0.478. The second-order valence-electron chi connectivity index (χ2n) is 8.52. The highest BCUT2D eigenvalue weighted by atomic mass is 16.4. The van der Waals surface area contributed by atoms with Gasteiger partial charge in [0.15, 0.2) is 0 Å². The number of piperazine rings is 1. The van der Waals surface area contributed by atoms with Crippen molar-refractivity contribution in [3.63, 3.8) is 0 Å². The largest absolute Gasteiger partial charge is 0.473 e. The zero-order chi connectivity index (χ0) is 27.4. The highest BCUT2D eigenvalue weighted by Gasteiger charge is 2.22. The topological polar surface area (TPSA) is 213 Å². The number of hydrogen-bond donors (Lipinski definition) is 6. The Kier molecular flexibility index (Phi) is 11.4. The molecule has 0 spiro atoms. The Bertz CT molecular complexity index is 1010. The van der Waals surface area contributed by atoms with Crippen LogP contribution in [0.4, 0.5) is 0 Å². The van der Waals surface area contributed by atoms with Crippen molar-refractivity contribution in [1.82, 2.24) is 25.1 Å². The molecule has 4 rings (SSSR count). The molecule has 0 atom stereocenters. The third-order valence-electron chi connectivity index (χ3n) is 5.73. The Labute approximate surface area is 211 Å². The number of aromatic amines is 1. The smallest absolute Gasteiger partial charge is 0.414 e. The number of carbonyl (C=O) groups excluding carboxylic acids is 1. The molecule has 2 aromatic rings. The van der Waals surface area contributed by atoms with E-state index in [4.69, 9.17) is 39.6 Å². The lowest BCUT2D eigenvalue weighted by Gasteiger charge is -2.34. The van der Waals surface area contributed by atoms with Crippen molar-refractivity contribution in [2.75, 3.05) is 32.7 Å². The lowest BCUT2D eigenvalue weighted by atomic mass is 10.2. The van der Waals surface area contributed by atoms with Crippen LogP contribution in [0.2, 0.25) is 0 Å². The number of rotatable bonds is 5. The molecule has 37 heavy (non-hydrogen) atoms. The molecular formula is C23H31N5O9. The van der Waals surface area contributed by atoms with Gasteiger partial charge in [0, 0.05) is 32.2 Å². The molecule has 1 saturated carbocycles. The highest BCUT2D eigenvalue weighted by Crippen LogP contribution is 2.17. The maximum atomic E-state index is 12.2. The van der Waals surface area contributed by atoms with Crippen molar-refractivity contribution in [1.29, 1.82) is 0 Å². The van der Waals surface area contributed by atoms with Gasteiger partial charge in [-0.15, -0.1) is 0 Å². The van der Waals surface area contributed by atoms with E-state index < -0.39 is 23.9 Å². The normalized spacial score (nSPS) is 16.1. The molecule has 14 nitrogen and oxygen atoms in total. The van der Waals surface area contributed by atoms with E-state index in [1.165, 1.54) is 12.8 Å². The van der Waals surface area contributed by atoms with Crippen LogP contribution in [0.25, 0.3) is 11.0 Å². The number of aromatic nitrogens is 2. The number of carboxylic acid groups (broad SMARTS) is 4. The van der Waals surface area contributed by atoms with E-state index in [1.54, 1.807) is 0 Å². The van der Waals surface area contributed by atoms with Crippen molar-refractivity contribution in [2.24, 2.45) is 0 Å². The summed E-state index contributed by atoms with van der Waals surface area (Å²) in [5.74, 6) is -6.08. The molecular weight excluding hydrogens is 490 g/mol. The minimum atomic E-state index is -1.82. The highest BCUT2D eigenvalue weighted by molar-refractivity contribution is 6.27. The van der Waals surface area contributed by atoms with Gasteiger partial charge in [-0.2, -0.15) is 0 Å². The Morgan fingerprint density at radius 2 is 1.35 bits per heavy atom. The minimum Gasteiger partial charge on any atom is -0.473 e. The van der Waals surface area contributed by atoms with Gasteiger partial charge in [0.1, 0.15) is 5.82 Å². The lowest BCUT2D eigenvalue weighted by Crippen LogP contribution is -2.50. The fourth-order valence-corrected chi connectivity index (χ4v) is 3.94.